The lowest BCUT2D eigenvalue weighted by atomic mass is 9.86. The highest BCUT2D eigenvalue weighted by atomic mass is 35.5. The first-order valence-corrected chi connectivity index (χ1v) is 11.1. The molecule has 2 fully saturated rings. The van der Waals surface area contributed by atoms with E-state index < -0.39 is 0 Å². The summed E-state index contributed by atoms with van der Waals surface area (Å²) in [5.41, 5.74) is 3.51. The minimum Gasteiger partial charge on any atom is -0.361 e. The van der Waals surface area contributed by atoms with E-state index in [9.17, 15) is 0 Å². The molecule has 0 saturated carbocycles. The maximum atomic E-state index is 6.61. The molecule has 6 nitrogen and oxygen atoms in total. The van der Waals surface area contributed by atoms with Crippen LogP contribution in [0.1, 0.15) is 51.4 Å². The van der Waals surface area contributed by atoms with E-state index >= 15 is 0 Å². The van der Waals surface area contributed by atoms with Gasteiger partial charge in [-0.2, -0.15) is 5.10 Å². The lowest BCUT2D eigenvalue weighted by Crippen LogP contribution is -2.32. The van der Waals surface area contributed by atoms with Gasteiger partial charge in [-0.15, -0.1) is 0 Å². The third-order valence-corrected chi connectivity index (χ3v) is 7.01. The number of rotatable bonds is 5. The van der Waals surface area contributed by atoms with Crippen LogP contribution in [0.5, 0.6) is 0 Å². The van der Waals surface area contributed by atoms with Crippen LogP contribution in [0, 0.1) is 17.8 Å². The lowest BCUT2D eigenvalue weighted by molar-refractivity contribution is 0.219. The predicted octanol–water partition coefficient (Wildman–Crippen LogP) is 4.37. The molecule has 2 aromatic heterocycles. The number of likely N-dealkylation sites (tertiary alicyclic amines) is 2. The van der Waals surface area contributed by atoms with Crippen molar-refractivity contribution in [1.29, 1.82) is 0 Å². The first-order chi connectivity index (χ1) is 13.6. The second-order valence-corrected chi connectivity index (χ2v) is 10.7. The van der Waals surface area contributed by atoms with Gasteiger partial charge in [0.15, 0.2) is 0 Å². The molecule has 0 aliphatic carbocycles. The number of hydrogen-bond acceptors (Lipinski definition) is 5. The van der Waals surface area contributed by atoms with Gasteiger partial charge in [0.25, 0.3) is 0 Å². The van der Waals surface area contributed by atoms with Crippen molar-refractivity contribution in [2.75, 3.05) is 32.7 Å². The summed E-state index contributed by atoms with van der Waals surface area (Å²) in [4.78, 5) is 5.22. The molecule has 2 aromatic rings. The van der Waals surface area contributed by atoms with Gasteiger partial charge in [-0.3, -0.25) is 9.58 Å². The zero-order valence-electron chi connectivity index (χ0n) is 18.5. The number of aryl methyl sites for hydroxylation is 2. The van der Waals surface area contributed by atoms with E-state index in [-0.39, 0.29) is 0 Å². The smallest absolute Gasteiger partial charge is 0.134 e. The molecule has 1 atom stereocenters. The standard InChI is InChI=1S/C22H34ClN5O/c1-16-12-18(25-29-16)19-17(20(23)26(5)24-19)13-28-11-8-22(15-28)7-10-27(14-22)9-6-21(2,3)4/h12H,6-11,13-15H2,1-5H3/t22-/m1/s1. The Kier molecular flexibility index (Phi) is 5.55. The van der Waals surface area contributed by atoms with Crippen molar-refractivity contribution < 1.29 is 4.52 Å². The van der Waals surface area contributed by atoms with Crippen LogP contribution in [0.25, 0.3) is 11.4 Å². The van der Waals surface area contributed by atoms with Crippen molar-refractivity contribution >= 4 is 11.6 Å². The Morgan fingerprint density at radius 2 is 1.86 bits per heavy atom. The largest absolute Gasteiger partial charge is 0.361 e. The van der Waals surface area contributed by atoms with Gasteiger partial charge in [-0.05, 0) is 56.7 Å². The molecule has 0 amide bonds. The van der Waals surface area contributed by atoms with Gasteiger partial charge < -0.3 is 9.42 Å². The summed E-state index contributed by atoms with van der Waals surface area (Å²) in [6.45, 7) is 15.7. The molecule has 160 valence electrons. The molecule has 29 heavy (non-hydrogen) atoms. The summed E-state index contributed by atoms with van der Waals surface area (Å²) in [6.07, 6.45) is 3.84. The van der Waals surface area contributed by atoms with Crippen LogP contribution in [-0.4, -0.2) is 57.5 Å². The second kappa shape index (κ2) is 7.71. The van der Waals surface area contributed by atoms with E-state index in [1.807, 2.05) is 20.0 Å². The van der Waals surface area contributed by atoms with Crippen molar-refractivity contribution in [2.24, 2.45) is 17.9 Å². The van der Waals surface area contributed by atoms with E-state index in [0.717, 1.165) is 42.3 Å². The van der Waals surface area contributed by atoms with E-state index in [0.29, 0.717) is 16.0 Å². The fraction of sp³-hybridized carbons (Fsp3) is 0.727. The summed E-state index contributed by atoms with van der Waals surface area (Å²) in [6, 6.07) is 1.93. The van der Waals surface area contributed by atoms with Gasteiger partial charge in [0, 0.05) is 38.3 Å². The van der Waals surface area contributed by atoms with Gasteiger partial charge in [0.2, 0.25) is 0 Å². The number of halogens is 1. The van der Waals surface area contributed by atoms with Crippen LogP contribution in [-0.2, 0) is 13.6 Å². The first-order valence-electron chi connectivity index (χ1n) is 10.7. The van der Waals surface area contributed by atoms with Crippen molar-refractivity contribution in [2.45, 2.75) is 53.5 Å². The zero-order chi connectivity index (χ0) is 20.8. The predicted molar refractivity (Wildman–Crippen MR) is 116 cm³/mol. The van der Waals surface area contributed by atoms with E-state index in [4.69, 9.17) is 16.1 Å². The highest BCUT2D eigenvalue weighted by molar-refractivity contribution is 6.30. The minimum absolute atomic E-state index is 0.407. The molecule has 0 unspecified atom stereocenters. The van der Waals surface area contributed by atoms with Crippen LogP contribution in [0.2, 0.25) is 5.15 Å². The van der Waals surface area contributed by atoms with Gasteiger partial charge in [0.05, 0.1) is 0 Å². The average molecular weight is 420 g/mol. The Morgan fingerprint density at radius 3 is 2.52 bits per heavy atom. The van der Waals surface area contributed by atoms with Crippen LogP contribution in [0.3, 0.4) is 0 Å². The minimum atomic E-state index is 0.407. The third kappa shape index (κ3) is 4.54. The molecule has 7 heteroatoms. The molecule has 0 aromatic carbocycles. The molecule has 2 saturated heterocycles. The third-order valence-electron chi connectivity index (χ3n) is 6.53. The van der Waals surface area contributed by atoms with E-state index in [1.54, 1.807) is 4.68 Å². The summed E-state index contributed by atoms with van der Waals surface area (Å²) < 4.78 is 7.01. The molecule has 0 radical (unpaired) electrons. The Morgan fingerprint density at radius 1 is 1.17 bits per heavy atom. The molecule has 0 N–H and O–H groups in total. The Labute approximate surface area is 179 Å². The van der Waals surface area contributed by atoms with E-state index in [1.165, 1.54) is 38.9 Å². The molecule has 2 aliphatic heterocycles. The maximum Gasteiger partial charge on any atom is 0.134 e. The van der Waals surface area contributed by atoms with Gasteiger partial charge >= 0.3 is 0 Å². The van der Waals surface area contributed by atoms with Crippen molar-refractivity contribution in [3.63, 3.8) is 0 Å². The van der Waals surface area contributed by atoms with Crippen LogP contribution < -0.4 is 0 Å². The van der Waals surface area contributed by atoms with Crippen molar-refractivity contribution in [3.8, 4) is 11.4 Å². The highest BCUT2D eigenvalue weighted by Crippen LogP contribution is 2.41. The summed E-state index contributed by atoms with van der Waals surface area (Å²) in [5, 5.41) is 9.47. The fourth-order valence-electron chi connectivity index (χ4n) is 4.80. The number of nitrogens with zero attached hydrogens (tertiary/aromatic N) is 5. The summed E-state index contributed by atoms with van der Waals surface area (Å²) >= 11 is 6.61. The van der Waals surface area contributed by atoms with Gasteiger partial charge in [0.1, 0.15) is 22.3 Å². The topological polar surface area (TPSA) is 50.3 Å². The second-order valence-electron chi connectivity index (χ2n) is 10.4. The summed E-state index contributed by atoms with van der Waals surface area (Å²) in [5.74, 6) is 0.786. The number of aromatic nitrogens is 3. The molecular weight excluding hydrogens is 386 g/mol. The highest BCUT2D eigenvalue weighted by Gasteiger charge is 2.43. The van der Waals surface area contributed by atoms with Crippen LogP contribution >= 0.6 is 11.6 Å². The molecule has 0 bridgehead atoms. The molecular formula is C22H34ClN5O. The Balaban J connectivity index is 1.42. The average Bonchev–Trinajstić information content (AvgIpc) is 3.40. The van der Waals surface area contributed by atoms with Crippen molar-refractivity contribution in [1.82, 2.24) is 24.7 Å². The quantitative estimate of drug-likeness (QED) is 0.720. The Hall–Kier alpha value is -1.37. The first kappa shape index (κ1) is 20.9. The van der Waals surface area contributed by atoms with Gasteiger partial charge in [-0.1, -0.05) is 37.5 Å². The SMILES string of the molecule is Cc1cc(-c2nn(C)c(Cl)c2CN2CC[C@@]3(CCN(CCC(C)(C)C)C3)C2)no1. The molecule has 4 rings (SSSR count). The van der Waals surface area contributed by atoms with E-state index in [2.05, 4.69) is 40.8 Å². The molecule has 2 aliphatic rings. The fourth-order valence-corrected chi connectivity index (χ4v) is 4.99. The van der Waals surface area contributed by atoms with Crippen LogP contribution in [0.15, 0.2) is 10.6 Å². The number of hydrogen-bond donors (Lipinski definition) is 0. The molecule has 4 heterocycles. The zero-order valence-corrected chi connectivity index (χ0v) is 19.2. The summed E-state index contributed by atoms with van der Waals surface area (Å²) in [7, 11) is 1.89. The normalized spacial score (nSPS) is 23.7. The van der Waals surface area contributed by atoms with Crippen LogP contribution in [0.4, 0.5) is 0 Å². The van der Waals surface area contributed by atoms with Gasteiger partial charge in [-0.25, -0.2) is 0 Å². The lowest BCUT2D eigenvalue weighted by Gasteiger charge is -2.27. The monoisotopic (exact) mass is 419 g/mol. The maximum absolute atomic E-state index is 6.61. The van der Waals surface area contributed by atoms with Crippen molar-refractivity contribution in [3.05, 3.63) is 22.5 Å². The Bertz CT molecular complexity index is 867. The molecule has 1 spiro atoms.